The van der Waals surface area contributed by atoms with Crippen LogP contribution in [-0.4, -0.2) is 7.11 Å². The van der Waals surface area contributed by atoms with Gasteiger partial charge >= 0.3 is 0 Å². The van der Waals surface area contributed by atoms with Crippen LogP contribution in [0.5, 0.6) is 0 Å². The lowest BCUT2D eigenvalue weighted by Gasteiger charge is -2.36. The summed E-state index contributed by atoms with van der Waals surface area (Å²) >= 11 is 0. The van der Waals surface area contributed by atoms with E-state index in [4.69, 9.17) is 4.52 Å². The molecular weight excluding hydrogens is 361 g/mol. The van der Waals surface area contributed by atoms with Crippen LogP contribution in [0.25, 0.3) is 0 Å². The van der Waals surface area contributed by atoms with Crippen molar-refractivity contribution in [2.24, 2.45) is 0 Å². The van der Waals surface area contributed by atoms with Crippen molar-refractivity contribution in [3.63, 3.8) is 0 Å². The lowest BCUT2D eigenvalue weighted by Crippen LogP contribution is -2.33. The number of anilines is 1. The first-order chi connectivity index (χ1) is 12.7. The first-order valence-electron chi connectivity index (χ1n) is 10.1. The molecule has 2 aromatic carbocycles. The molecule has 0 aliphatic carbocycles. The van der Waals surface area contributed by atoms with E-state index < -0.39 is 8.30 Å². The average molecular weight is 400 g/mol. The van der Waals surface area contributed by atoms with E-state index in [2.05, 4.69) is 104 Å². The maximum Gasteiger partial charge on any atom is 0.164 e. The largest absolute Gasteiger partial charge is 0.339 e. The van der Waals surface area contributed by atoms with Crippen molar-refractivity contribution in [2.45, 2.75) is 78.6 Å². The Labute approximate surface area is 174 Å². The molecule has 2 aromatic rings. The van der Waals surface area contributed by atoms with Gasteiger partial charge in [-0.2, -0.15) is 0 Å². The molecule has 1 N–H and O–H groups in total. The van der Waals surface area contributed by atoms with Crippen LogP contribution in [-0.2, 0) is 20.8 Å². The Bertz CT molecular complexity index is 757. The first kappa shape index (κ1) is 22.9. The van der Waals surface area contributed by atoms with Gasteiger partial charge in [0.15, 0.2) is 8.30 Å². The third-order valence-corrected chi connectivity index (χ3v) is 6.70. The summed E-state index contributed by atoms with van der Waals surface area (Å²) in [5, 5.41) is 5.00. The lowest BCUT2D eigenvalue weighted by molar-refractivity contribution is 0.468. The zero-order chi connectivity index (χ0) is 21.3. The SMILES string of the molecule is COP(Nc1ccccc1)c1c(C(C)(C)C)cc(C(C)(C)C)cc1C(C)(C)C. The van der Waals surface area contributed by atoms with Gasteiger partial charge in [0.2, 0.25) is 0 Å². The molecular formula is C25H38NOP. The molecule has 0 saturated heterocycles. The Morgan fingerprint density at radius 1 is 0.714 bits per heavy atom. The third-order valence-electron chi connectivity index (χ3n) is 4.98. The second-order valence-corrected chi connectivity index (χ2v) is 12.2. The first-order valence-corrected chi connectivity index (χ1v) is 11.4. The van der Waals surface area contributed by atoms with E-state index in [1.807, 2.05) is 13.2 Å². The molecule has 0 saturated carbocycles. The predicted molar refractivity (Wildman–Crippen MR) is 126 cm³/mol. The number of rotatable bonds is 4. The fourth-order valence-corrected chi connectivity index (χ4v) is 5.26. The lowest BCUT2D eigenvalue weighted by atomic mass is 9.75. The van der Waals surface area contributed by atoms with Gasteiger partial charge in [0.1, 0.15) is 0 Å². The van der Waals surface area contributed by atoms with Gasteiger partial charge < -0.3 is 9.61 Å². The molecule has 28 heavy (non-hydrogen) atoms. The van der Waals surface area contributed by atoms with Crippen molar-refractivity contribution in [2.75, 3.05) is 12.2 Å². The fraction of sp³-hybridized carbons (Fsp3) is 0.520. The Morgan fingerprint density at radius 2 is 1.18 bits per heavy atom. The van der Waals surface area contributed by atoms with E-state index in [1.165, 1.54) is 22.0 Å². The van der Waals surface area contributed by atoms with Crippen LogP contribution >= 0.6 is 8.30 Å². The highest BCUT2D eigenvalue weighted by molar-refractivity contribution is 7.62. The molecule has 3 heteroatoms. The standard InChI is InChI=1S/C25H38NOP/c1-23(2,3)18-16-20(24(4,5)6)22(21(17-18)25(7,8)9)28(27-10)26-19-14-12-11-13-15-19/h11-17,26H,1-10H3. The van der Waals surface area contributed by atoms with Gasteiger partial charge in [-0.3, -0.25) is 0 Å². The topological polar surface area (TPSA) is 21.3 Å². The number of benzene rings is 2. The van der Waals surface area contributed by atoms with Gasteiger partial charge in [0.05, 0.1) is 0 Å². The van der Waals surface area contributed by atoms with Gasteiger partial charge in [-0.05, 0) is 45.1 Å². The molecule has 2 nitrogen and oxygen atoms in total. The molecule has 0 radical (unpaired) electrons. The van der Waals surface area contributed by atoms with Crippen LogP contribution in [0.3, 0.4) is 0 Å². The highest BCUT2D eigenvalue weighted by Crippen LogP contribution is 2.44. The Balaban J connectivity index is 2.78. The quantitative estimate of drug-likeness (QED) is 0.546. The van der Waals surface area contributed by atoms with Crippen LogP contribution in [0.1, 0.15) is 79.0 Å². The van der Waals surface area contributed by atoms with Gasteiger partial charge in [-0.1, -0.05) is 92.6 Å². The molecule has 0 aliphatic rings. The monoisotopic (exact) mass is 399 g/mol. The van der Waals surface area contributed by atoms with Crippen molar-refractivity contribution < 1.29 is 4.52 Å². The summed E-state index contributed by atoms with van der Waals surface area (Å²) in [5.41, 5.74) is 5.37. The van der Waals surface area contributed by atoms with Crippen LogP contribution in [0.15, 0.2) is 42.5 Å². The van der Waals surface area contributed by atoms with Crippen LogP contribution in [0, 0.1) is 0 Å². The molecule has 1 unspecified atom stereocenters. The van der Waals surface area contributed by atoms with Gasteiger partial charge in [0.25, 0.3) is 0 Å². The summed E-state index contributed by atoms with van der Waals surface area (Å²) in [6, 6.07) is 15.2. The Hall–Kier alpha value is -1.37. The van der Waals surface area contributed by atoms with Crippen molar-refractivity contribution in [3.8, 4) is 0 Å². The van der Waals surface area contributed by atoms with Crippen molar-refractivity contribution in [1.29, 1.82) is 0 Å². The molecule has 0 aliphatic heterocycles. The summed E-state index contributed by atoms with van der Waals surface area (Å²) in [5.74, 6) is 0. The normalized spacial score (nSPS) is 14.1. The van der Waals surface area contributed by atoms with Gasteiger partial charge in [0, 0.05) is 18.1 Å². The van der Waals surface area contributed by atoms with Crippen LogP contribution in [0.2, 0.25) is 0 Å². The van der Waals surface area contributed by atoms with E-state index in [0.717, 1.165) is 5.69 Å². The minimum absolute atomic E-state index is 0.0219. The van der Waals surface area contributed by atoms with Crippen LogP contribution in [0.4, 0.5) is 5.69 Å². The highest BCUT2D eigenvalue weighted by Gasteiger charge is 2.33. The molecule has 1 atom stereocenters. The second-order valence-electron chi connectivity index (χ2n) is 10.6. The Kier molecular flexibility index (Phi) is 6.68. The highest BCUT2D eigenvalue weighted by atomic mass is 31.2. The molecule has 0 amide bonds. The molecule has 154 valence electrons. The summed E-state index contributed by atoms with van der Waals surface area (Å²) in [6.45, 7) is 20.7. The molecule has 0 bridgehead atoms. The number of para-hydroxylation sites is 1. The number of nitrogens with one attached hydrogen (secondary N) is 1. The number of hydrogen-bond donors (Lipinski definition) is 1. The van der Waals surface area contributed by atoms with E-state index in [1.54, 1.807) is 0 Å². The van der Waals surface area contributed by atoms with Gasteiger partial charge in [-0.15, -0.1) is 0 Å². The summed E-state index contributed by atoms with van der Waals surface area (Å²) < 4.78 is 6.09. The van der Waals surface area contributed by atoms with Crippen molar-refractivity contribution in [3.05, 3.63) is 59.2 Å². The zero-order valence-electron chi connectivity index (χ0n) is 19.4. The van der Waals surface area contributed by atoms with Crippen molar-refractivity contribution >= 4 is 19.3 Å². The van der Waals surface area contributed by atoms with E-state index in [-0.39, 0.29) is 16.2 Å². The minimum atomic E-state index is -0.998. The maximum absolute atomic E-state index is 6.09. The molecule has 2 rings (SSSR count). The molecule has 0 fully saturated rings. The van der Waals surface area contributed by atoms with Crippen LogP contribution < -0.4 is 10.4 Å². The molecule has 0 heterocycles. The van der Waals surface area contributed by atoms with E-state index in [9.17, 15) is 0 Å². The fourth-order valence-electron chi connectivity index (χ4n) is 3.25. The summed E-state index contributed by atoms with van der Waals surface area (Å²) in [4.78, 5) is 0. The smallest absolute Gasteiger partial charge is 0.164 e. The molecule has 0 spiro atoms. The second kappa shape index (κ2) is 8.17. The minimum Gasteiger partial charge on any atom is -0.339 e. The van der Waals surface area contributed by atoms with Gasteiger partial charge in [-0.25, -0.2) is 0 Å². The average Bonchev–Trinajstić information content (AvgIpc) is 2.57. The zero-order valence-corrected chi connectivity index (χ0v) is 20.3. The third kappa shape index (κ3) is 5.37. The van der Waals surface area contributed by atoms with E-state index in [0.29, 0.717) is 0 Å². The van der Waals surface area contributed by atoms with E-state index >= 15 is 0 Å². The summed E-state index contributed by atoms with van der Waals surface area (Å²) in [6.07, 6.45) is 0. The van der Waals surface area contributed by atoms with Crippen molar-refractivity contribution in [1.82, 2.24) is 0 Å². The maximum atomic E-state index is 6.09. The molecule has 0 aromatic heterocycles. The summed E-state index contributed by atoms with van der Waals surface area (Å²) in [7, 11) is 0.819. The predicted octanol–water partition coefficient (Wildman–Crippen LogP) is 7.27. The Morgan fingerprint density at radius 3 is 1.54 bits per heavy atom. The number of hydrogen-bond acceptors (Lipinski definition) is 2.